The molecule has 0 spiro atoms. The minimum Gasteiger partial charge on any atom is -0.357 e. The summed E-state index contributed by atoms with van der Waals surface area (Å²) in [5.41, 5.74) is 2.93. The first-order chi connectivity index (χ1) is 13.4. The first kappa shape index (κ1) is 25.4. The van der Waals surface area contributed by atoms with Gasteiger partial charge in [0.25, 0.3) is 0 Å². The van der Waals surface area contributed by atoms with Crippen LogP contribution in [0.2, 0.25) is 0 Å². The van der Waals surface area contributed by atoms with Crippen molar-refractivity contribution >= 4 is 52.9 Å². The number of aromatic nitrogens is 1. The minimum atomic E-state index is 0. The lowest BCUT2D eigenvalue weighted by atomic mass is 10.1. The van der Waals surface area contributed by atoms with Crippen molar-refractivity contribution in [1.29, 1.82) is 0 Å². The quantitative estimate of drug-likeness (QED) is 0.265. The van der Waals surface area contributed by atoms with Crippen LogP contribution in [-0.2, 0) is 17.9 Å². The van der Waals surface area contributed by atoms with Gasteiger partial charge in [-0.25, -0.2) is 9.98 Å². The van der Waals surface area contributed by atoms with Gasteiger partial charge in [0, 0.05) is 23.0 Å². The topological polar surface area (TPSA) is 78.4 Å². The number of guanidine groups is 1. The fraction of sp³-hybridized carbons (Fsp3) is 0.476. The van der Waals surface area contributed by atoms with Crippen LogP contribution in [0.15, 0.2) is 29.3 Å². The predicted octanol–water partition coefficient (Wildman–Crippen LogP) is 4.62. The van der Waals surface area contributed by atoms with Crippen molar-refractivity contribution in [3.63, 3.8) is 0 Å². The maximum atomic E-state index is 12.1. The SMILES string of the molecule is CCNC(=NCc1cccc(NC(=O)C(C)CC)c1)NCc1nc(C)c(C)s1.I. The molecule has 0 fully saturated rings. The van der Waals surface area contributed by atoms with E-state index in [2.05, 4.69) is 32.9 Å². The molecule has 0 bridgehead atoms. The number of amides is 1. The van der Waals surface area contributed by atoms with Gasteiger partial charge in [-0.15, -0.1) is 35.3 Å². The third kappa shape index (κ3) is 8.30. The number of aryl methyl sites for hydroxylation is 2. The van der Waals surface area contributed by atoms with Crippen molar-refractivity contribution in [3.05, 3.63) is 45.4 Å². The molecule has 0 aliphatic rings. The molecule has 1 amide bonds. The summed E-state index contributed by atoms with van der Waals surface area (Å²) < 4.78 is 0. The molecule has 8 heteroatoms. The highest BCUT2D eigenvalue weighted by molar-refractivity contribution is 14.0. The summed E-state index contributed by atoms with van der Waals surface area (Å²) in [5, 5.41) is 10.6. The average Bonchev–Trinajstić information content (AvgIpc) is 3.01. The zero-order valence-electron chi connectivity index (χ0n) is 17.8. The Hall–Kier alpha value is -1.68. The maximum Gasteiger partial charge on any atom is 0.227 e. The molecule has 2 aromatic rings. The van der Waals surface area contributed by atoms with Crippen LogP contribution in [-0.4, -0.2) is 23.4 Å². The highest BCUT2D eigenvalue weighted by Crippen LogP contribution is 2.16. The lowest BCUT2D eigenvalue weighted by Crippen LogP contribution is -2.36. The zero-order valence-corrected chi connectivity index (χ0v) is 21.0. The maximum absolute atomic E-state index is 12.1. The van der Waals surface area contributed by atoms with Crippen LogP contribution >= 0.6 is 35.3 Å². The number of anilines is 1. The van der Waals surface area contributed by atoms with E-state index in [0.29, 0.717) is 13.1 Å². The second-order valence-electron chi connectivity index (χ2n) is 6.80. The Morgan fingerprint density at radius 1 is 1.24 bits per heavy atom. The van der Waals surface area contributed by atoms with Crippen molar-refractivity contribution in [1.82, 2.24) is 15.6 Å². The number of halogens is 1. The number of nitrogens with one attached hydrogen (secondary N) is 3. The monoisotopic (exact) mass is 529 g/mol. The molecule has 29 heavy (non-hydrogen) atoms. The molecule has 0 saturated carbocycles. The van der Waals surface area contributed by atoms with Crippen molar-refractivity contribution in [3.8, 4) is 0 Å². The van der Waals surface area contributed by atoms with Crippen LogP contribution in [0.1, 0.15) is 48.3 Å². The lowest BCUT2D eigenvalue weighted by molar-refractivity contribution is -0.119. The van der Waals surface area contributed by atoms with Gasteiger partial charge in [0.2, 0.25) is 5.91 Å². The summed E-state index contributed by atoms with van der Waals surface area (Å²) in [4.78, 5) is 22.5. The fourth-order valence-electron chi connectivity index (χ4n) is 2.48. The third-order valence-corrected chi connectivity index (χ3v) is 5.57. The van der Waals surface area contributed by atoms with Crippen molar-refractivity contribution in [2.24, 2.45) is 10.9 Å². The van der Waals surface area contributed by atoms with Crippen LogP contribution < -0.4 is 16.0 Å². The largest absolute Gasteiger partial charge is 0.357 e. The predicted molar refractivity (Wildman–Crippen MR) is 133 cm³/mol. The van der Waals surface area contributed by atoms with E-state index in [-0.39, 0.29) is 35.8 Å². The molecule has 0 saturated heterocycles. The summed E-state index contributed by atoms with van der Waals surface area (Å²) in [6.45, 7) is 12.1. The Bertz CT molecular complexity index is 802. The second kappa shape index (κ2) is 12.8. The van der Waals surface area contributed by atoms with Gasteiger partial charge in [-0.2, -0.15) is 0 Å². The lowest BCUT2D eigenvalue weighted by Gasteiger charge is -2.12. The minimum absolute atomic E-state index is 0. The van der Waals surface area contributed by atoms with Gasteiger partial charge < -0.3 is 16.0 Å². The number of thiazole rings is 1. The summed E-state index contributed by atoms with van der Waals surface area (Å²) in [6.07, 6.45) is 0.825. The average molecular weight is 529 g/mol. The first-order valence-electron chi connectivity index (χ1n) is 9.77. The van der Waals surface area contributed by atoms with E-state index in [1.807, 2.05) is 52.0 Å². The fourth-order valence-corrected chi connectivity index (χ4v) is 3.36. The molecule has 160 valence electrons. The Kier molecular flexibility index (Phi) is 11.2. The molecule has 0 aliphatic carbocycles. The summed E-state index contributed by atoms with van der Waals surface area (Å²) >= 11 is 1.70. The Morgan fingerprint density at radius 2 is 2.00 bits per heavy atom. The standard InChI is InChI=1S/C21H31N5OS.HI/c1-6-14(3)20(27)26-18-10-8-9-17(11-18)12-23-21(22-7-2)24-13-19-25-15(4)16(5)28-19;/h8-11,14H,6-7,12-13H2,1-5H3,(H,26,27)(H2,22,23,24);1H. The number of nitrogens with zero attached hydrogens (tertiary/aromatic N) is 2. The Morgan fingerprint density at radius 3 is 2.62 bits per heavy atom. The van der Waals surface area contributed by atoms with Crippen molar-refractivity contribution < 1.29 is 4.79 Å². The molecule has 1 aromatic heterocycles. The Balaban J connectivity index is 0.00000420. The second-order valence-corrected chi connectivity index (χ2v) is 8.08. The molecule has 6 nitrogen and oxygen atoms in total. The molecule has 1 aromatic carbocycles. The molecule has 1 atom stereocenters. The molecular formula is C21H32IN5OS. The van der Waals surface area contributed by atoms with E-state index in [4.69, 9.17) is 0 Å². The molecule has 0 radical (unpaired) electrons. The van der Waals surface area contributed by atoms with Gasteiger partial charge in [0.15, 0.2) is 5.96 Å². The molecule has 1 heterocycles. The van der Waals surface area contributed by atoms with Gasteiger partial charge in [-0.05, 0) is 44.9 Å². The van der Waals surface area contributed by atoms with Crippen molar-refractivity contribution in [2.75, 3.05) is 11.9 Å². The normalized spacial score (nSPS) is 12.1. The number of aliphatic imine (C=N–C) groups is 1. The zero-order chi connectivity index (χ0) is 20.5. The van der Waals surface area contributed by atoms with E-state index in [0.717, 1.165) is 40.9 Å². The van der Waals surface area contributed by atoms with Gasteiger partial charge >= 0.3 is 0 Å². The third-order valence-electron chi connectivity index (χ3n) is 4.50. The van der Waals surface area contributed by atoms with Gasteiger partial charge in [-0.3, -0.25) is 4.79 Å². The molecule has 2 rings (SSSR count). The Labute approximate surface area is 195 Å². The molecule has 3 N–H and O–H groups in total. The van der Waals surface area contributed by atoms with Crippen LogP contribution in [0.3, 0.4) is 0 Å². The molecular weight excluding hydrogens is 497 g/mol. The number of carbonyl (C=O) groups is 1. The van der Waals surface area contributed by atoms with Gasteiger partial charge in [0.05, 0.1) is 18.8 Å². The molecule has 0 aliphatic heterocycles. The van der Waals surface area contributed by atoms with Gasteiger partial charge in [-0.1, -0.05) is 26.0 Å². The van der Waals surface area contributed by atoms with Crippen LogP contribution in [0.5, 0.6) is 0 Å². The van der Waals surface area contributed by atoms with E-state index >= 15 is 0 Å². The van der Waals surface area contributed by atoms with E-state index in [9.17, 15) is 4.79 Å². The number of rotatable bonds is 8. The number of hydrogen-bond donors (Lipinski definition) is 3. The highest BCUT2D eigenvalue weighted by atomic mass is 127. The highest BCUT2D eigenvalue weighted by Gasteiger charge is 2.10. The number of hydrogen-bond acceptors (Lipinski definition) is 4. The van der Waals surface area contributed by atoms with Crippen LogP contribution in [0.25, 0.3) is 0 Å². The van der Waals surface area contributed by atoms with Crippen molar-refractivity contribution in [2.45, 2.75) is 54.1 Å². The summed E-state index contributed by atoms with van der Waals surface area (Å²) in [5.74, 6) is 0.804. The van der Waals surface area contributed by atoms with Gasteiger partial charge in [0.1, 0.15) is 5.01 Å². The van der Waals surface area contributed by atoms with Crippen LogP contribution in [0.4, 0.5) is 5.69 Å². The number of benzene rings is 1. The first-order valence-corrected chi connectivity index (χ1v) is 10.6. The van der Waals surface area contributed by atoms with E-state index < -0.39 is 0 Å². The summed E-state index contributed by atoms with van der Waals surface area (Å²) in [7, 11) is 0. The molecule has 1 unspecified atom stereocenters. The van der Waals surface area contributed by atoms with E-state index in [1.54, 1.807) is 11.3 Å². The smallest absolute Gasteiger partial charge is 0.227 e. The number of carbonyl (C=O) groups excluding carboxylic acids is 1. The van der Waals surface area contributed by atoms with E-state index in [1.165, 1.54) is 4.88 Å². The summed E-state index contributed by atoms with van der Waals surface area (Å²) in [6, 6.07) is 7.84. The van der Waals surface area contributed by atoms with Crippen LogP contribution in [0, 0.1) is 19.8 Å².